The molecule has 0 aromatic heterocycles. The molecule has 1 aliphatic heterocycles. The molecule has 0 aromatic carbocycles. The van der Waals surface area contributed by atoms with E-state index in [0.717, 1.165) is 31.7 Å². The van der Waals surface area contributed by atoms with Gasteiger partial charge in [0.2, 0.25) is 0 Å². The van der Waals surface area contributed by atoms with Crippen LogP contribution in [0.3, 0.4) is 0 Å². The van der Waals surface area contributed by atoms with Gasteiger partial charge in [0.15, 0.2) is 0 Å². The Morgan fingerprint density at radius 2 is 2.06 bits per heavy atom. The van der Waals surface area contributed by atoms with Crippen molar-refractivity contribution < 1.29 is 4.74 Å². The predicted molar refractivity (Wildman–Crippen MR) is 75.9 cm³/mol. The summed E-state index contributed by atoms with van der Waals surface area (Å²) >= 11 is 0. The third kappa shape index (κ3) is 3.94. The summed E-state index contributed by atoms with van der Waals surface area (Å²) < 4.78 is 5.57. The van der Waals surface area contributed by atoms with Gasteiger partial charge in [-0.2, -0.15) is 0 Å². The Hall–Kier alpha value is -0.120. The van der Waals surface area contributed by atoms with Crippen molar-refractivity contribution in [1.82, 2.24) is 10.2 Å². The molecule has 1 saturated heterocycles. The lowest BCUT2D eigenvalue weighted by Gasteiger charge is -2.32. The van der Waals surface area contributed by atoms with Crippen LogP contribution in [0.5, 0.6) is 0 Å². The van der Waals surface area contributed by atoms with Gasteiger partial charge in [0.05, 0.1) is 6.61 Å². The highest BCUT2D eigenvalue weighted by atomic mass is 16.5. The Morgan fingerprint density at radius 1 is 1.28 bits per heavy atom. The molecule has 1 saturated carbocycles. The van der Waals surface area contributed by atoms with Gasteiger partial charge >= 0.3 is 0 Å². The van der Waals surface area contributed by atoms with Gasteiger partial charge in [0, 0.05) is 31.2 Å². The van der Waals surface area contributed by atoms with E-state index in [9.17, 15) is 0 Å². The van der Waals surface area contributed by atoms with E-state index in [1.165, 1.54) is 45.1 Å². The van der Waals surface area contributed by atoms with Crippen molar-refractivity contribution in [2.24, 2.45) is 5.92 Å². The second-order valence-electron chi connectivity index (χ2n) is 6.06. The summed E-state index contributed by atoms with van der Waals surface area (Å²) in [7, 11) is 2.31. The molecule has 1 heterocycles. The van der Waals surface area contributed by atoms with Crippen molar-refractivity contribution in [3.8, 4) is 0 Å². The molecular weight excluding hydrogens is 224 g/mol. The lowest BCUT2D eigenvalue weighted by molar-refractivity contribution is 0.155. The third-order valence-corrected chi connectivity index (χ3v) is 4.62. The van der Waals surface area contributed by atoms with Crippen molar-refractivity contribution in [3.63, 3.8) is 0 Å². The van der Waals surface area contributed by atoms with Crippen molar-refractivity contribution in [2.75, 3.05) is 33.4 Å². The Morgan fingerprint density at radius 3 is 2.67 bits per heavy atom. The van der Waals surface area contributed by atoms with Gasteiger partial charge in [-0.15, -0.1) is 0 Å². The smallest absolute Gasteiger partial charge is 0.0510 e. The van der Waals surface area contributed by atoms with Crippen LogP contribution in [0.4, 0.5) is 0 Å². The third-order valence-electron chi connectivity index (χ3n) is 4.62. The average molecular weight is 254 g/mol. The quantitative estimate of drug-likeness (QED) is 0.754. The maximum Gasteiger partial charge on any atom is 0.0510 e. The topological polar surface area (TPSA) is 24.5 Å². The summed E-state index contributed by atoms with van der Waals surface area (Å²) in [5.41, 5.74) is 0. The Bertz CT molecular complexity index is 223. The molecule has 1 N–H and O–H groups in total. The molecule has 0 spiro atoms. The standard InChI is InChI=1S/C15H30N2O/c1-3-9-16-15(13-8-10-18-12-13)11-17(2)14-6-4-5-7-14/h13-16H,3-12H2,1-2H3. The molecule has 0 aromatic rings. The highest BCUT2D eigenvalue weighted by Crippen LogP contribution is 2.24. The molecular formula is C15H30N2O. The highest BCUT2D eigenvalue weighted by Gasteiger charge is 2.28. The minimum absolute atomic E-state index is 0.623. The zero-order chi connectivity index (χ0) is 12.8. The summed E-state index contributed by atoms with van der Waals surface area (Å²) in [4.78, 5) is 2.60. The van der Waals surface area contributed by atoms with E-state index in [1.807, 2.05) is 0 Å². The summed E-state index contributed by atoms with van der Waals surface area (Å²) in [6, 6.07) is 1.45. The number of nitrogens with one attached hydrogen (secondary N) is 1. The first-order valence-corrected chi connectivity index (χ1v) is 7.82. The van der Waals surface area contributed by atoms with Gasteiger partial charge in [0.25, 0.3) is 0 Å². The number of hydrogen-bond acceptors (Lipinski definition) is 3. The summed E-state index contributed by atoms with van der Waals surface area (Å²) in [5.74, 6) is 0.723. The average Bonchev–Trinajstić information content (AvgIpc) is 3.04. The molecule has 18 heavy (non-hydrogen) atoms. The molecule has 106 valence electrons. The molecule has 2 unspecified atom stereocenters. The largest absolute Gasteiger partial charge is 0.381 e. The van der Waals surface area contributed by atoms with Crippen LogP contribution < -0.4 is 5.32 Å². The fourth-order valence-electron chi connectivity index (χ4n) is 3.38. The van der Waals surface area contributed by atoms with E-state index < -0.39 is 0 Å². The summed E-state index contributed by atoms with van der Waals surface area (Å²) in [6.45, 7) is 6.50. The molecule has 2 rings (SSSR count). The van der Waals surface area contributed by atoms with Gasteiger partial charge in [-0.1, -0.05) is 19.8 Å². The monoisotopic (exact) mass is 254 g/mol. The van der Waals surface area contributed by atoms with Gasteiger partial charge < -0.3 is 15.0 Å². The maximum atomic E-state index is 5.57. The normalized spacial score (nSPS) is 27.2. The zero-order valence-electron chi connectivity index (χ0n) is 12.2. The molecule has 0 amide bonds. The van der Waals surface area contributed by atoms with Crippen molar-refractivity contribution in [2.45, 2.75) is 57.5 Å². The Balaban J connectivity index is 1.82. The molecule has 3 heteroatoms. The van der Waals surface area contributed by atoms with E-state index in [1.54, 1.807) is 0 Å². The number of ether oxygens (including phenoxy) is 1. The van der Waals surface area contributed by atoms with E-state index in [-0.39, 0.29) is 0 Å². The molecule has 3 nitrogen and oxygen atoms in total. The Labute approximate surface area is 112 Å². The van der Waals surface area contributed by atoms with Gasteiger partial charge in [-0.3, -0.25) is 0 Å². The van der Waals surface area contributed by atoms with Crippen LogP contribution in [0, 0.1) is 5.92 Å². The zero-order valence-corrected chi connectivity index (χ0v) is 12.2. The minimum atomic E-state index is 0.623. The number of nitrogens with zero attached hydrogens (tertiary/aromatic N) is 1. The predicted octanol–water partition coefficient (Wildman–Crippen LogP) is 2.27. The second-order valence-corrected chi connectivity index (χ2v) is 6.06. The Kier molecular flexibility index (Phi) is 5.93. The van der Waals surface area contributed by atoms with Crippen molar-refractivity contribution >= 4 is 0 Å². The molecule has 0 radical (unpaired) electrons. The molecule has 2 atom stereocenters. The van der Waals surface area contributed by atoms with Crippen LogP contribution in [0.25, 0.3) is 0 Å². The van der Waals surface area contributed by atoms with Crippen LogP contribution in [-0.2, 0) is 4.74 Å². The first-order chi connectivity index (χ1) is 8.81. The SMILES string of the molecule is CCCNC(CN(C)C1CCCC1)C1CCOC1. The van der Waals surface area contributed by atoms with E-state index in [0.29, 0.717) is 6.04 Å². The molecule has 2 fully saturated rings. The number of likely N-dealkylation sites (N-methyl/N-ethyl adjacent to an activating group) is 1. The van der Waals surface area contributed by atoms with E-state index in [4.69, 9.17) is 4.74 Å². The molecule has 0 bridgehead atoms. The van der Waals surface area contributed by atoms with E-state index in [2.05, 4.69) is 24.2 Å². The van der Waals surface area contributed by atoms with Crippen LogP contribution in [0.1, 0.15) is 45.4 Å². The maximum absolute atomic E-state index is 5.57. The van der Waals surface area contributed by atoms with Gasteiger partial charge in [0.1, 0.15) is 0 Å². The van der Waals surface area contributed by atoms with Crippen molar-refractivity contribution in [3.05, 3.63) is 0 Å². The van der Waals surface area contributed by atoms with E-state index >= 15 is 0 Å². The fourth-order valence-corrected chi connectivity index (χ4v) is 3.38. The first kappa shape index (κ1) is 14.3. The summed E-state index contributed by atoms with van der Waals surface area (Å²) in [6.07, 6.45) is 8.11. The van der Waals surface area contributed by atoms with Crippen molar-refractivity contribution in [1.29, 1.82) is 0 Å². The van der Waals surface area contributed by atoms with Crippen LogP contribution >= 0.6 is 0 Å². The minimum Gasteiger partial charge on any atom is -0.381 e. The second kappa shape index (κ2) is 7.46. The number of hydrogen-bond donors (Lipinski definition) is 1. The lowest BCUT2D eigenvalue weighted by Crippen LogP contribution is -2.47. The van der Waals surface area contributed by atoms with Gasteiger partial charge in [-0.25, -0.2) is 0 Å². The van der Waals surface area contributed by atoms with Gasteiger partial charge in [-0.05, 0) is 39.3 Å². The molecule has 1 aliphatic carbocycles. The fraction of sp³-hybridized carbons (Fsp3) is 1.00. The first-order valence-electron chi connectivity index (χ1n) is 7.82. The lowest BCUT2D eigenvalue weighted by atomic mass is 9.97. The van der Waals surface area contributed by atoms with Crippen LogP contribution in [0.2, 0.25) is 0 Å². The van der Waals surface area contributed by atoms with Crippen LogP contribution in [0.15, 0.2) is 0 Å². The number of rotatable bonds is 7. The summed E-state index contributed by atoms with van der Waals surface area (Å²) in [5, 5.41) is 3.74. The molecule has 2 aliphatic rings. The van der Waals surface area contributed by atoms with Crippen LogP contribution in [-0.4, -0.2) is 50.3 Å². The highest BCUT2D eigenvalue weighted by molar-refractivity contribution is 4.85.